The first-order valence-electron chi connectivity index (χ1n) is 8.08. The molecule has 0 bridgehead atoms. The molecule has 1 aromatic heterocycles. The molecule has 1 N–H and O–H groups in total. The van der Waals surface area contributed by atoms with Gasteiger partial charge in [0.05, 0.1) is 0 Å². The van der Waals surface area contributed by atoms with E-state index < -0.39 is 0 Å². The fraction of sp³-hybridized carbons (Fsp3) is 0.750. The van der Waals surface area contributed by atoms with Crippen molar-refractivity contribution in [2.75, 3.05) is 18.5 Å². The van der Waals surface area contributed by atoms with Gasteiger partial charge in [0.25, 0.3) is 5.56 Å². The zero-order valence-electron chi connectivity index (χ0n) is 13.7. The minimum Gasteiger partial charge on any atom is -0.352 e. The van der Waals surface area contributed by atoms with Crippen LogP contribution in [0, 0.1) is 0 Å². The third kappa shape index (κ3) is 3.64. The summed E-state index contributed by atoms with van der Waals surface area (Å²) in [6.45, 7) is 7.23. The third-order valence-electron chi connectivity index (χ3n) is 4.48. The van der Waals surface area contributed by atoms with Crippen molar-refractivity contribution in [1.82, 2.24) is 14.9 Å². The molecule has 1 aliphatic carbocycles. The Bertz CT molecular complexity index is 503. The molecule has 118 valence electrons. The van der Waals surface area contributed by atoms with Crippen LogP contribution in [0.15, 0.2) is 17.2 Å². The smallest absolute Gasteiger partial charge is 0.293 e. The van der Waals surface area contributed by atoms with Gasteiger partial charge in [0, 0.05) is 37.6 Å². The number of nitrogens with zero attached hydrogens (tertiary/aromatic N) is 3. The van der Waals surface area contributed by atoms with E-state index in [1.54, 1.807) is 17.0 Å². The average Bonchev–Trinajstić information content (AvgIpc) is 2.47. The average molecular weight is 292 g/mol. The quantitative estimate of drug-likeness (QED) is 0.904. The molecule has 0 spiro atoms. The highest BCUT2D eigenvalue weighted by Gasteiger charge is 2.25. The van der Waals surface area contributed by atoms with E-state index in [1.807, 2.05) is 20.9 Å². The highest BCUT2D eigenvalue weighted by Crippen LogP contribution is 2.24. The Morgan fingerprint density at radius 3 is 2.62 bits per heavy atom. The van der Waals surface area contributed by atoms with E-state index in [-0.39, 0.29) is 11.6 Å². The van der Waals surface area contributed by atoms with Gasteiger partial charge in [-0.05, 0) is 46.1 Å². The van der Waals surface area contributed by atoms with Gasteiger partial charge in [-0.1, -0.05) is 6.92 Å². The SMILES string of the molecule is CCNC1CCC(N(C)c2nccn(C(C)C)c2=O)CC1. The highest BCUT2D eigenvalue weighted by atomic mass is 16.1. The highest BCUT2D eigenvalue weighted by molar-refractivity contribution is 5.36. The molecule has 5 nitrogen and oxygen atoms in total. The standard InChI is InChI=1S/C16H28N4O/c1-5-17-13-6-8-14(9-7-13)19(4)15-16(21)20(12(2)3)11-10-18-15/h10-14,17H,5-9H2,1-4H3. The van der Waals surface area contributed by atoms with Crippen molar-refractivity contribution in [2.45, 2.75) is 64.6 Å². The summed E-state index contributed by atoms with van der Waals surface area (Å²) in [6, 6.07) is 1.22. The lowest BCUT2D eigenvalue weighted by atomic mass is 9.90. The van der Waals surface area contributed by atoms with E-state index in [1.165, 1.54) is 12.8 Å². The Labute approximate surface area is 127 Å². The van der Waals surface area contributed by atoms with Gasteiger partial charge in [-0.25, -0.2) is 4.98 Å². The monoisotopic (exact) mass is 292 g/mol. The number of rotatable bonds is 5. The molecule has 21 heavy (non-hydrogen) atoms. The van der Waals surface area contributed by atoms with Gasteiger partial charge in [0.15, 0.2) is 5.82 Å². The topological polar surface area (TPSA) is 50.2 Å². The van der Waals surface area contributed by atoms with Crippen LogP contribution in [0.2, 0.25) is 0 Å². The van der Waals surface area contributed by atoms with Crippen molar-refractivity contribution in [3.8, 4) is 0 Å². The molecule has 0 unspecified atom stereocenters. The van der Waals surface area contributed by atoms with Gasteiger partial charge < -0.3 is 14.8 Å². The predicted octanol–water partition coefficient (Wildman–Crippen LogP) is 2.18. The fourth-order valence-corrected chi connectivity index (χ4v) is 3.19. The molecule has 0 aromatic carbocycles. The van der Waals surface area contributed by atoms with Crippen LogP contribution in [-0.4, -0.2) is 35.2 Å². The molecule has 2 rings (SSSR count). The minimum atomic E-state index is 0.0174. The van der Waals surface area contributed by atoms with Crippen molar-refractivity contribution < 1.29 is 0 Å². The van der Waals surface area contributed by atoms with Crippen molar-refractivity contribution >= 4 is 5.82 Å². The number of hydrogen-bond acceptors (Lipinski definition) is 4. The van der Waals surface area contributed by atoms with Gasteiger partial charge in [-0.15, -0.1) is 0 Å². The van der Waals surface area contributed by atoms with Crippen LogP contribution in [0.3, 0.4) is 0 Å². The summed E-state index contributed by atoms with van der Waals surface area (Å²) in [5.74, 6) is 0.582. The lowest BCUT2D eigenvalue weighted by Gasteiger charge is -2.35. The van der Waals surface area contributed by atoms with E-state index in [2.05, 4.69) is 22.1 Å². The maximum absolute atomic E-state index is 12.5. The third-order valence-corrected chi connectivity index (χ3v) is 4.48. The Morgan fingerprint density at radius 1 is 1.38 bits per heavy atom. The van der Waals surface area contributed by atoms with Gasteiger partial charge in [-0.2, -0.15) is 0 Å². The summed E-state index contributed by atoms with van der Waals surface area (Å²) in [5, 5.41) is 3.52. The second-order valence-electron chi connectivity index (χ2n) is 6.23. The zero-order chi connectivity index (χ0) is 15.4. The molecule has 1 saturated carbocycles. The van der Waals surface area contributed by atoms with Gasteiger partial charge in [0.1, 0.15) is 0 Å². The molecule has 1 aromatic rings. The first kappa shape index (κ1) is 16.0. The van der Waals surface area contributed by atoms with Crippen molar-refractivity contribution in [3.05, 3.63) is 22.7 Å². The van der Waals surface area contributed by atoms with Crippen LogP contribution in [0.25, 0.3) is 0 Å². The van der Waals surface area contributed by atoms with Crippen molar-refractivity contribution in [3.63, 3.8) is 0 Å². The van der Waals surface area contributed by atoms with Crippen LogP contribution in [-0.2, 0) is 0 Å². The number of aromatic nitrogens is 2. The van der Waals surface area contributed by atoms with Crippen LogP contribution >= 0.6 is 0 Å². The van der Waals surface area contributed by atoms with E-state index in [4.69, 9.17) is 0 Å². The van der Waals surface area contributed by atoms with Crippen LogP contribution in [0.4, 0.5) is 5.82 Å². The van der Waals surface area contributed by atoms with Crippen molar-refractivity contribution in [2.24, 2.45) is 0 Å². The summed E-state index contributed by atoms with van der Waals surface area (Å²) in [5.41, 5.74) is 0.0174. The van der Waals surface area contributed by atoms with E-state index in [9.17, 15) is 4.79 Å². The van der Waals surface area contributed by atoms with Gasteiger partial charge >= 0.3 is 0 Å². The summed E-state index contributed by atoms with van der Waals surface area (Å²) in [4.78, 5) is 18.9. The summed E-state index contributed by atoms with van der Waals surface area (Å²) in [7, 11) is 2.01. The Kier molecular flexibility index (Phi) is 5.39. The van der Waals surface area contributed by atoms with Crippen LogP contribution < -0.4 is 15.8 Å². The largest absolute Gasteiger partial charge is 0.352 e. The molecule has 1 heterocycles. The second kappa shape index (κ2) is 7.07. The minimum absolute atomic E-state index is 0.0174. The second-order valence-corrected chi connectivity index (χ2v) is 6.23. The fourth-order valence-electron chi connectivity index (χ4n) is 3.19. The number of hydrogen-bond donors (Lipinski definition) is 1. The molecule has 1 fully saturated rings. The summed E-state index contributed by atoms with van der Waals surface area (Å²) < 4.78 is 1.75. The first-order chi connectivity index (χ1) is 10.0. The molecule has 0 aliphatic heterocycles. The lowest BCUT2D eigenvalue weighted by molar-refractivity contribution is 0.340. The van der Waals surface area contributed by atoms with Crippen molar-refractivity contribution in [1.29, 1.82) is 0 Å². The number of nitrogens with one attached hydrogen (secondary N) is 1. The summed E-state index contributed by atoms with van der Waals surface area (Å²) >= 11 is 0. The zero-order valence-corrected chi connectivity index (χ0v) is 13.7. The Hall–Kier alpha value is -1.36. The maximum Gasteiger partial charge on any atom is 0.293 e. The maximum atomic E-state index is 12.5. The lowest BCUT2D eigenvalue weighted by Crippen LogP contribution is -2.43. The normalized spacial score (nSPS) is 22.5. The predicted molar refractivity (Wildman–Crippen MR) is 87.0 cm³/mol. The molecule has 5 heteroatoms. The molecule has 0 amide bonds. The molecule has 0 radical (unpaired) electrons. The summed E-state index contributed by atoms with van der Waals surface area (Å²) in [6.07, 6.45) is 8.09. The van der Waals surface area contributed by atoms with Gasteiger partial charge in [-0.3, -0.25) is 4.79 Å². The molecule has 0 atom stereocenters. The van der Waals surface area contributed by atoms with Gasteiger partial charge in [0.2, 0.25) is 0 Å². The van der Waals surface area contributed by atoms with E-state index in [0.29, 0.717) is 17.9 Å². The van der Waals surface area contributed by atoms with Crippen LogP contribution in [0.5, 0.6) is 0 Å². The van der Waals surface area contributed by atoms with Crippen LogP contribution in [0.1, 0.15) is 52.5 Å². The van der Waals surface area contributed by atoms with E-state index in [0.717, 1.165) is 19.4 Å². The first-order valence-corrected chi connectivity index (χ1v) is 8.08. The molecular weight excluding hydrogens is 264 g/mol. The Balaban J connectivity index is 2.09. The molecular formula is C16H28N4O. The Morgan fingerprint density at radius 2 is 2.05 bits per heavy atom. The molecule has 1 aliphatic rings. The number of anilines is 1. The molecule has 0 saturated heterocycles. The van der Waals surface area contributed by atoms with E-state index >= 15 is 0 Å².